The summed E-state index contributed by atoms with van der Waals surface area (Å²) >= 11 is 0. The van der Waals surface area contributed by atoms with E-state index in [1.807, 2.05) is 30.3 Å². The number of carbonyl (C=O) groups excluding carboxylic acids is 2. The molecule has 0 spiro atoms. The summed E-state index contributed by atoms with van der Waals surface area (Å²) < 4.78 is 57.1. The molecular formula is C31H36F2N4O4S. The van der Waals surface area contributed by atoms with E-state index in [2.05, 4.69) is 5.32 Å². The molecule has 0 saturated heterocycles. The maximum absolute atomic E-state index is 14.9. The molecule has 42 heavy (non-hydrogen) atoms. The van der Waals surface area contributed by atoms with E-state index < -0.39 is 40.3 Å². The zero-order chi connectivity index (χ0) is 30.3. The average molecular weight is 599 g/mol. The van der Waals surface area contributed by atoms with Gasteiger partial charge in [0.1, 0.15) is 24.2 Å². The molecule has 1 unspecified atom stereocenters. The van der Waals surface area contributed by atoms with Crippen molar-refractivity contribution in [1.82, 2.24) is 14.5 Å². The van der Waals surface area contributed by atoms with Crippen LogP contribution in [0.1, 0.15) is 36.8 Å². The smallest absolute Gasteiger partial charge is 0.304 e. The molecule has 1 aliphatic carbocycles. The Balaban J connectivity index is 1.76. The summed E-state index contributed by atoms with van der Waals surface area (Å²) in [7, 11) is -1.58. The van der Waals surface area contributed by atoms with Crippen molar-refractivity contribution >= 4 is 27.7 Å². The second kappa shape index (κ2) is 13.9. The molecule has 2 amide bonds. The molecule has 0 radical (unpaired) electrons. The fraction of sp³-hybridized carbons (Fsp3) is 0.355. The number of amides is 2. The first-order valence-corrected chi connectivity index (χ1v) is 15.3. The first-order valence-electron chi connectivity index (χ1n) is 13.9. The van der Waals surface area contributed by atoms with Gasteiger partial charge in [-0.05, 0) is 48.7 Å². The number of nitrogens with one attached hydrogen (secondary N) is 1. The molecule has 3 aromatic carbocycles. The Morgan fingerprint density at radius 1 is 0.905 bits per heavy atom. The number of hydrogen-bond donors (Lipinski definition) is 1. The number of carbonyl (C=O) groups is 2. The quantitative estimate of drug-likeness (QED) is 0.337. The van der Waals surface area contributed by atoms with Crippen LogP contribution >= 0.6 is 0 Å². The molecule has 1 aliphatic rings. The van der Waals surface area contributed by atoms with Gasteiger partial charge in [0.05, 0.1) is 5.69 Å². The zero-order valence-corrected chi connectivity index (χ0v) is 24.6. The van der Waals surface area contributed by atoms with E-state index in [9.17, 15) is 26.8 Å². The van der Waals surface area contributed by atoms with Gasteiger partial charge >= 0.3 is 10.2 Å². The minimum Gasteiger partial charge on any atom is -0.352 e. The van der Waals surface area contributed by atoms with Crippen molar-refractivity contribution < 1.29 is 26.8 Å². The average Bonchev–Trinajstić information content (AvgIpc) is 3.48. The third-order valence-corrected chi connectivity index (χ3v) is 9.22. The Bertz CT molecular complexity index is 1460. The highest BCUT2D eigenvalue weighted by Crippen LogP contribution is 2.24. The molecule has 1 fully saturated rings. The highest BCUT2D eigenvalue weighted by Gasteiger charge is 2.36. The van der Waals surface area contributed by atoms with E-state index in [0.29, 0.717) is 0 Å². The number of anilines is 1. The van der Waals surface area contributed by atoms with E-state index in [1.165, 1.54) is 49.3 Å². The van der Waals surface area contributed by atoms with Crippen LogP contribution in [0.5, 0.6) is 0 Å². The van der Waals surface area contributed by atoms with Crippen LogP contribution in [0.3, 0.4) is 0 Å². The summed E-state index contributed by atoms with van der Waals surface area (Å²) in [5.74, 6) is -2.23. The van der Waals surface area contributed by atoms with Gasteiger partial charge < -0.3 is 10.2 Å². The second-order valence-electron chi connectivity index (χ2n) is 10.6. The van der Waals surface area contributed by atoms with Gasteiger partial charge in [-0.15, -0.1) is 0 Å². The van der Waals surface area contributed by atoms with Crippen LogP contribution in [0.15, 0.2) is 78.9 Å². The highest BCUT2D eigenvalue weighted by molar-refractivity contribution is 7.90. The van der Waals surface area contributed by atoms with Crippen LogP contribution in [0, 0.1) is 11.6 Å². The summed E-state index contributed by atoms with van der Waals surface area (Å²) in [6.07, 6.45) is 3.76. The van der Waals surface area contributed by atoms with Crippen LogP contribution in [0.25, 0.3) is 0 Å². The molecule has 11 heteroatoms. The van der Waals surface area contributed by atoms with Crippen molar-refractivity contribution in [2.45, 2.75) is 50.7 Å². The monoisotopic (exact) mass is 598 g/mol. The number of rotatable bonds is 12. The van der Waals surface area contributed by atoms with Gasteiger partial charge in [-0.1, -0.05) is 61.4 Å². The van der Waals surface area contributed by atoms with Crippen molar-refractivity contribution in [3.63, 3.8) is 0 Å². The lowest BCUT2D eigenvalue weighted by Crippen LogP contribution is -2.55. The Kier molecular flexibility index (Phi) is 10.3. The predicted octanol–water partition coefficient (Wildman–Crippen LogP) is 4.28. The molecule has 1 N–H and O–H groups in total. The number of benzene rings is 3. The van der Waals surface area contributed by atoms with Crippen LogP contribution in [0.4, 0.5) is 14.5 Å². The lowest BCUT2D eigenvalue weighted by Gasteiger charge is -2.35. The Labute approximate surface area is 246 Å². The molecule has 8 nitrogen and oxygen atoms in total. The summed E-state index contributed by atoms with van der Waals surface area (Å²) in [6, 6.07) is 18.7. The van der Waals surface area contributed by atoms with Gasteiger partial charge in [0.25, 0.3) is 0 Å². The summed E-state index contributed by atoms with van der Waals surface area (Å²) in [6.45, 7) is -0.955. The van der Waals surface area contributed by atoms with Crippen LogP contribution in [0.2, 0.25) is 0 Å². The Morgan fingerprint density at radius 2 is 1.52 bits per heavy atom. The van der Waals surface area contributed by atoms with Gasteiger partial charge in [-0.25, -0.2) is 13.1 Å². The first-order chi connectivity index (χ1) is 20.1. The number of nitrogens with zero attached hydrogens (tertiary/aromatic N) is 3. The van der Waals surface area contributed by atoms with Crippen molar-refractivity contribution in [2.75, 3.05) is 24.9 Å². The molecular weight excluding hydrogens is 562 g/mol. The molecule has 0 bridgehead atoms. The van der Waals surface area contributed by atoms with Gasteiger partial charge in [-0.2, -0.15) is 12.7 Å². The molecule has 224 valence electrons. The molecule has 1 atom stereocenters. The van der Waals surface area contributed by atoms with E-state index in [4.69, 9.17) is 0 Å². The van der Waals surface area contributed by atoms with Crippen LogP contribution in [-0.4, -0.2) is 62.2 Å². The fourth-order valence-electron chi connectivity index (χ4n) is 5.06. The van der Waals surface area contributed by atoms with Gasteiger partial charge in [-0.3, -0.25) is 9.59 Å². The number of halogens is 2. The third kappa shape index (κ3) is 7.71. The standard InChI is InChI=1S/C31H36F2N4O4S/c1-35(2)42(40,41)37(27-18-16-25(32)17-19-27)22-30(38)36(21-24-12-6-9-15-28(24)33)29(20-23-10-4-3-5-11-23)31(39)34-26-13-7-8-14-26/h3-6,9-12,15-19,26,29H,7-8,13-14,20-22H2,1-2H3,(H,34,39). The van der Waals surface area contributed by atoms with Crippen molar-refractivity contribution in [2.24, 2.45) is 0 Å². The Hall–Kier alpha value is -3.83. The molecule has 1 saturated carbocycles. The van der Waals surface area contributed by atoms with Crippen molar-refractivity contribution in [3.05, 3.63) is 102 Å². The molecule has 4 rings (SSSR count). The van der Waals surface area contributed by atoms with E-state index in [-0.39, 0.29) is 36.2 Å². The van der Waals surface area contributed by atoms with E-state index in [1.54, 1.807) is 6.07 Å². The van der Waals surface area contributed by atoms with Crippen molar-refractivity contribution in [3.8, 4) is 0 Å². The lowest BCUT2D eigenvalue weighted by atomic mass is 10.0. The zero-order valence-electron chi connectivity index (χ0n) is 23.7. The summed E-state index contributed by atoms with van der Waals surface area (Å²) in [5.41, 5.74) is 1.03. The third-order valence-electron chi connectivity index (χ3n) is 7.40. The summed E-state index contributed by atoms with van der Waals surface area (Å²) in [5, 5.41) is 3.07. The Morgan fingerprint density at radius 3 is 2.14 bits per heavy atom. The van der Waals surface area contributed by atoms with Crippen LogP contribution < -0.4 is 9.62 Å². The number of hydrogen-bond acceptors (Lipinski definition) is 4. The van der Waals surface area contributed by atoms with Crippen LogP contribution in [-0.2, 0) is 32.8 Å². The minimum absolute atomic E-state index is 0.0361. The maximum atomic E-state index is 14.9. The van der Waals surface area contributed by atoms with Gasteiger partial charge in [0, 0.05) is 38.7 Å². The SMILES string of the molecule is CN(C)S(=O)(=O)N(CC(=O)N(Cc1ccccc1F)C(Cc1ccccc1)C(=O)NC1CCCC1)c1ccc(F)cc1. The second-order valence-corrected chi connectivity index (χ2v) is 12.6. The largest absolute Gasteiger partial charge is 0.352 e. The van der Waals surface area contributed by atoms with Gasteiger partial charge in [0.2, 0.25) is 11.8 Å². The fourth-order valence-corrected chi connectivity index (χ4v) is 6.11. The van der Waals surface area contributed by atoms with Crippen molar-refractivity contribution in [1.29, 1.82) is 0 Å². The predicted molar refractivity (Wildman–Crippen MR) is 158 cm³/mol. The van der Waals surface area contributed by atoms with E-state index in [0.717, 1.165) is 52.0 Å². The van der Waals surface area contributed by atoms with Gasteiger partial charge in [0.15, 0.2) is 0 Å². The normalized spacial score (nSPS) is 14.5. The molecule has 3 aromatic rings. The molecule has 0 aromatic heterocycles. The van der Waals surface area contributed by atoms with E-state index >= 15 is 0 Å². The lowest BCUT2D eigenvalue weighted by molar-refractivity contribution is -0.140. The molecule has 0 aliphatic heterocycles. The maximum Gasteiger partial charge on any atom is 0.304 e. The molecule has 0 heterocycles. The summed E-state index contributed by atoms with van der Waals surface area (Å²) in [4.78, 5) is 29.3. The highest BCUT2D eigenvalue weighted by atomic mass is 32.2. The minimum atomic E-state index is -4.22. The topological polar surface area (TPSA) is 90.0 Å². The first kappa shape index (κ1) is 31.1.